The Morgan fingerprint density at radius 3 is 2.79 bits per heavy atom. The third kappa shape index (κ3) is 2.57. The van der Waals surface area contributed by atoms with Crippen molar-refractivity contribution in [1.82, 2.24) is 14.5 Å². The Kier molecular flexibility index (Phi) is 4.07. The zero-order chi connectivity index (χ0) is 12.5. The van der Waals surface area contributed by atoms with Crippen LogP contribution >= 0.6 is 12.4 Å². The number of carbonyl (C=O) groups is 1. The first-order valence-corrected chi connectivity index (χ1v) is 6.23. The predicted molar refractivity (Wildman–Crippen MR) is 75.6 cm³/mol. The molecule has 1 amide bonds. The van der Waals surface area contributed by atoms with Gasteiger partial charge in [-0.1, -0.05) is 6.07 Å². The fourth-order valence-corrected chi connectivity index (χ4v) is 2.37. The molecule has 0 bridgehead atoms. The number of carbonyl (C=O) groups excluding carboxylic acids is 1. The van der Waals surface area contributed by atoms with Crippen LogP contribution in [-0.4, -0.2) is 39.6 Å². The highest BCUT2D eigenvalue weighted by Gasteiger charge is 2.23. The van der Waals surface area contributed by atoms with Gasteiger partial charge in [0.2, 0.25) is 0 Å². The van der Waals surface area contributed by atoms with Gasteiger partial charge in [0.25, 0.3) is 5.91 Å². The van der Waals surface area contributed by atoms with Gasteiger partial charge in [0.05, 0.1) is 17.3 Å². The lowest BCUT2D eigenvalue weighted by Gasteiger charge is -2.29. The molecule has 0 atom stereocenters. The standard InChI is InChI=1S/C13H16N4O.ClH/c14-10-4-7-16(8-5-10)13(18)11-9-15-17-6-2-1-3-12(11)17;/h1-3,6,9-10H,4-5,7-8,14H2;1H. The van der Waals surface area contributed by atoms with Crippen LogP contribution in [0.4, 0.5) is 0 Å². The molecule has 102 valence electrons. The molecule has 3 rings (SSSR count). The summed E-state index contributed by atoms with van der Waals surface area (Å²) >= 11 is 0. The van der Waals surface area contributed by atoms with Crippen molar-refractivity contribution < 1.29 is 4.79 Å². The molecule has 0 saturated carbocycles. The van der Waals surface area contributed by atoms with Crippen LogP contribution in [-0.2, 0) is 0 Å². The van der Waals surface area contributed by atoms with Crippen molar-refractivity contribution in [2.45, 2.75) is 18.9 Å². The largest absolute Gasteiger partial charge is 0.338 e. The lowest BCUT2D eigenvalue weighted by Crippen LogP contribution is -2.42. The molecule has 3 heterocycles. The second-order valence-electron chi connectivity index (χ2n) is 4.72. The van der Waals surface area contributed by atoms with Crippen LogP contribution < -0.4 is 5.73 Å². The lowest BCUT2D eigenvalue weighted by molar-refractivity contribution is 0.0716. The van der Waals surface area contributed by atoms with Crippen LogP contribution in [0, 0.1) is 0 Å². The molecule has 6 heteroatoms. The number of nitrogens with zero attached hydrogens (tertiary/aromatic N) is 3. The molecule has 2 aromatic heterocycles. The number of pyridine rings is 1. The minimum absolute atomic E-state index is 0. The fraction of sp³-hybridized carbons (Fsp3) is 0.385. The van der Waals surface area contributed by atoms with Gasteiger partial charge in [0, 0.05) is 25.3 Å². The normalized spacial score (nSPS) is 16.4. The third-order valence-corrected chi connectivity index (χ3v) is 3.48. The number of piperidine rings is 1. The van der Waals surface area contributed by atoms with Gasteiger partial charge in [-0.3, -0.25) is 4.79 Å². The molecule has 2 N–H and O–H groups in total. The maximum absolute atomic E-state index is 12.4. The summed E-state index contributed by atoms with van der Waals surface area (Å²) in [6.07, 6.45) is 5.25. The molecule has 0 unspecified atom stereocenters. The topological polar surface area (TPSA) is 63.6 Å². The summed E-state index contributed by atoms with van der Waals surface area (Å²) in [6, 6.07) is 5.96. The van der Waals surface area contributed by atoms with E-state index >= 15 is 0 Å². The van der Waals surface area contributed by atoms with E-state index in [1.165, 1.54) is 0 Å². The number of nitrogens with two attached hydrogens (primary N) is 1. The SMILES string of the molecule is Cl.NC1CCN(C(=O)c2cnn3ccccc23)CC1. The molecular formula is C13H17ClN4O. The van der Waals surface area contributed by atoms with E-state index in [9.17, 15) is 4.79 Å². The molecule has 1 saturated heterocycles. The molecule has 19 heavy (non-hydrogen) atoms. The van der Waals surface area contributed by atoms with Crippen molar-refractivity contribution in [3.05, 3.63) is 36.2 Å². The smallest absolute Gasteiger partial charge is 0.257 e. The van der Waals surface area contributed by atoms with E-state index in [0.717, 1.165) is 31.4 Å². The van der Waals surface area contributed by atoms with Gasteiger partial charge in [-0.15, -0.1) is 12.4 Å². The van der Waals surface area contributed by atoms with Crippen LogP contribution in [0.25, 0.3) is 5.52 Å². The van der Waals surface area contributed by atoms with E-state index in [-0.39, 0.29) is 24.4 Å². The van der Waals surface area contributed by atoms with E-state index in [0.29, 0.717) is 5.56 Å². The number of hydrogen-bond acceptors (Lipinski definition) is 3. The Hall–Kier alpha value is -1.59. The van der Waals surface area contributed by atoms with Gasteiger partial charge in [-0.25, -0.2) is 4.52 Å². The van der Waals surface area contributed by atoms with E-state index in [1.807, 2.05) is 29.3 Å². The quantitative estimate of drug-likeness (QED) is 0.857. The van der Waals surface area contributed by atoms with E-state index < -0.39 is 0 Å². The second kappa shape index (κ2) is 5.59. The summed E-state index contributed by atoms with van der Waals surface area (Å²) in [6.45, 7) is 1.48. The predicted octanol–water partition coefficient (Wildman–Crippen LogP) is 1.32. The average molecular weight is 281 g/mol. The Balaban J connectivity index is 0.00000133. The number of amides is 1. The zero-order valence-corrected chi connectivity index (χ0v) is 11.3. The molecule has 0 radical (unpaired) electrons. The minimum Gasteiger partial charge on any atom is -0.338 e. The highest BCUT2D eigenvalue weighted by atomic mass is 35.5. The highest BCUT2D eigenvalue weighted by molar-refractivity contribution is 6.00. The summed E-state index contributed by atoms with van der Waals surface area (Å²) in [7, 11) is 0. The Labute approximate surface area is 117 Å². The molecule has 1 fully saturated rings. The highest BCUT2D eigenvalue weighted by Crippen LogP contribution is 2.16. The first-order chi connectivity index (χ1) is 8.75. The zero-order valence-electron chi connectivity index (χ0n) is 10.5. The first-order valence-electron chi connectivity index (χ1n) is 6.23. The number of aromatic nitrogens is 2. The second-order valence-corrected chi connectivity index (χ2v) is 4.72. The van der Waals surface area contributed by atoms with Crippen molar-refractivity contribution in [1.29, 1.82) is 0 Å². The lowest BCUT2D eigenvalue weighted by atomic mass is 10.1. The van der Waals surface area contributed by atoms with Crippen molar-refractivity contribution in [3.63, 3.8) is 0 Å². The number of fused-ring (bicyclic) bond motifs is 1. The van der Waals surface area contributed by atoms with Gasteiger partial charge < -0.3 is 10.6 Å². The molecular weight excluding hydrogens is 264 g/mol. The molecule has 0 aromatic carbocycles. The molecule has 0 spiro atoms. The summed E-state index contributed by atoms with van der Waals surface area (Å²) in [5.74, 6) is 0.0584. The number of hydrogen-bond donors (Lipinski definition) is 1. The van der Waals surface area contributed by atoms with E-state index in [1.54, 1.807) is 10.7 Å². The van der Waals surface area contributed by atoms with Crippen LogP contribution in [0.2, 0.25) is 0 Å². The number of rotatable bonds is 1. The van der Waals surface area contributed by atoms with Crippen molar-refractivity contribution in [2.75, 3.05) is 13.1 Å². The summed E-state index contributed by atoms with van der Waals surface area (Å²) in [5, 5.41) is 4.19. The van der Waals surface area contributed by atoms with Gasteiger partial charge in [-0.05, 0) is 25.0 Å². The fourth-order valence-electron chi connectivity index (χ4n) is 2.37. The van der Waals surface area contributed by atoms with Gasteiger partial charge in [0.15, 0.2) is 0 Å². The van der Waals surface area contributed by atoms with Crippen LogP contribution in [0.3, 0.4) is 0 Å². The summed E-state index contributed by atoms with van der Waals surface area (Å²) < 4.78 is 1.73. The van der Waals surface area contributed by atoms with Gasteiger partial charge >= 0.3 is 0 Å². The molecule has 2 aromatic rings. The maximum Gasteiger partial charge on any atom is 0.257 e. The molecule has 0 aliphatic carbocycles. The van der Waals surface area contributed by atoms with Crippen molar-refractivity contribution in [2.24, 2.45) is 5.73 Å². The number of likely N-dealkylation sites (tertiary alicyclic amines) is 1. The van der Waals surface area contributed by atoms with Crippen molar-refractivity contribution >= 4 is 23.8 Å². The average Bonchev–Trinajstić information content (AvgIpc) is 2.82. The van der Waals surface area contributed by atoms with Gasteiger partial charge in [0.1, 0.15) is 0 Å². The van der Waals surface area contributed by atoms with Crippen molar-refractivity contribution in [3.8, 4) is 0 Å². The molecule has 5 nitrogen and oxygen atoms in total. The van der Waals surface area contributed by atoms with Crippen LogP contribution in [0.1, 0.15) is 23.2 Å². The van der Waals surface area contributed by atoms with Crippen LogP contribution in [0.15, 0.2) is 30.6 Å². The minimum atomic E-state index is 0. The molecule has 1 aliphatic rings. The number of halogens is 1. The molecule has 1 aliphatic heterocycles. The Morgan fingerprint density at radius 2 is 2.05 bits per heavy atom. The van der Waals surface area contributed by atoms with Gasteiger partial charge in [-0.2, -0.15) is 5.10 Å². The Morgan fingerprint density at radius 1 is 1.32 bits per heavy atom. The summed E-state index contributed by atoms with van der Waals surface area (Å²) in [4.78, 5) is 14.3. The monoisotopic (exact) mass is 280 g/mol. The Bertz CT molecular complexity index is 575. The van der Waals surface area contributed by atoms with Crippen LogP contribution in [0.5, 0.6) is 0 Å². The first kappa shape index (κ1) is 13.8. The summed E-state index contributed by atoms with van der Waals surface area (Å²) in [5.41, 5.74) is 7.38. The van der Waals surface area contributed by atoms with E-state index in [2.05, 4.69) is 5.10 Å². The third-order valence-electron chi connectivity index (χ3n) is 3.48. The van der Waals surface area contributed by atoms with E-state index in [4.69, 9.17) is 5.73 Å². The maximum atomic E-state index is 12.4.